The van der Waals surface area contributed by atoms with Crippen molar-refractivity contribution in [2.75, 3.05) is 26.4 Å². The van der Waals surface area contributed by atoms with Gasteiger partial charge in [0, 0.05) is 19.4 Å². The van der Waals surface area contributed by atoms with Gasteiger partial charge < -0.3 is 20.1 Å². The molecule has 2 atom stereocenters. The van der Waals surface area contributed by atoms with Crippen LogP contribution in [0, 0.1) is 0 Å². The average Bonchev–Trinajstić information content (AvgIpc) is 2.73. The van der Waals surface area contributed by atoms with E-state index in [2.05, 4.69) is 16.8 Å². The number of phosphoric acid groups is 1. The van der Waals surface area contributed by atoms with E-state index in [1.54, 1.807) is 0 Å². The van der Waals surface area contributed by atoms with Crippen LogP contribution in [0.15, 0.2) is 0 Å². The summed E-state index contributed by atoms with van der Waals surface area (Å²) in [5.41, 5.74) is 0. The number of amides is 1. The first-order valence-corrected chi connectivity index (χ1v) is 13.0. The summed E-state index contributed by atoms with van der Waals surface area (Å²) in [4.78, 5) is 32.5. The quantitative estimate of drug-likeness (QED) is 0.132. The second-order valence-electron chi connectivity index (χ2n) is 7.61. The van der Waals surface area contributed by atoms with Crippen LogP contribution in [0.2, 0.25) is 0 Å². The Labute approximate surface area is 186 Å². The van der Waals surface area contributed by atoms with Crippen LogP contribution in [-0.2, 0) is 27.9 Å². The maximum atomic E-state index is 11.8. The van der Waals surface area contributed by atoms with Crippen molar-refractivity contribution in [3.8, 4) is 0 Å². The fourth-order valence-corrected chi connectivity index (χ4v) is 3.52. The first-order chi connectivity index (χ1) is 14.8. The number of unbranched alkanes of at least 4 members (excludes halogenated alkanes) is 8. The summed E-state index contributed by atoms with van der Waals surface area (Å²) in [6.45, 7) is 3.07. The molecule has 1 amide bonds. The number of hydrogen-bond donors (Lipinski definition) is 3. The first-order valence-electron chi connectivity index (χ1n) is 11.5. The molecule has 184 valence electrons. The van der Waals surface area contributed by atoms with Gasteiger partial charge in [-0.2, -0.15) is 0 Å². The van der Waals surface area contributed by atoms with Gasteiger partial charge >= 0.3 is 13.8 Å². The molecule has 10 heteroatoms. The molecule has 0 saturated carbocycles. The monoisotopic (exact) mass is 467 g/mol. The minimum atomic E-state index is -4.36. The largest absolute Gasteiger partial charge is 0.472 e. The minimum absolute atomic E-state index is 0.0847. The van der Waals surface area contributed by atoms with Gasteiger partial charge in [-0.3, -0.25) is 18.6 Å². The fraction of sp³-hybridized carbons (Fsp3) is 0.905. The topological polar surface area (TPSA) is 131 Å². The maximum absolute atomic E-state index is 11.8. The number of hydrogen-bond acceptors (Lipinski definition) is 7. The van der Waals surface area contributed by atoms with Gasteiger partial charge in [0.25, 0.3) is 0 Å². The van der Waals surface area contributed by atoms with Crippen LogP contribution in [0.4, 0.5) is 0 Å². The molecule has 0 radical (unpaired) electrons. The van der Waals surface area contributed by atoms with E-state index in [-0.39, 0.29) is 32.1 Å². The molecule has 2 unspecified atom stereocenters. The van der Waals surface area contributed by atoms with E-state index in [0.717, 1.165) is 19.3 Å². The fourth-order valence-electron chi connectivity index (χ4n) is 2.77. The van der Waals surface area contributed by atoms with Crippen LogP contribution < -0.4 is 5.32 Å². The lowest BCUT2D eigenvalue weighted by atomic mass is 10.1. The zero-order valence-electron chi connectivity index (χ0n) is 19.2. The number of aliphatic hydroxyl groups excluding tert-OH is 1. The van der Waals surface area contributed by atoms with Crippen LogP contribution >= 0.6 is 7.82 Å². The van der Waals surface area contributed by atoms with Gasteiger partial charge in [-0.25, -0.2) is 4.57 Å². The lowest BCUT2D eigenvalue weighted by Crippen LogP contribution is -2.27. The highest BCUT2D eigenvalue weighted by atomic mass is 31.2. The summed E-state index contributed by atoms with van der Waals surface area (Å²) < 4.78 is 25.9. The predicted molar refractivity (Wildman–Crippen MR) is 118 cm³/mol. The van der Waals surface area contributed by atoms with E-state index < -0.39 is 26.5 Å². The predicted octanol–water partition coefficient (Wildman–Crippen LogP) is 3.86. The second kappa shape index (κ2) is 19.7. The number of rotatable bonds is 21. The molecule has 0 bridgehead atoms. The molecule has 0 aromatic rings. The van der Waals surface area contributed by atoms with Gasteiger partial charge in [-0.05, 0) is 12.8 Å². The van der Waals surface area contributed by atoms with E-state index in [9.17, 15) is 24.2 Å². The highest BCUT2D eigenvalue weighted by molar-refractivity contribution is 7.47. The zero-order valence-corrected chi connectivity index (χ0v) is 20.1. The number of nitrogens with one attached hydrogen (secondary N) is 1. The third kappa shape index (κ3) is 20.7. The average molecular weight is 468 g/mol. The van der Waals surface area contributed by atoms with Crippen LogP contribution in [0.3, 0.4) is 0 Å². The molecular weight excluding hydrogens is 425 g/mol. The van der Waals surface area contributed by atoms with Crippen molar-refractivity contribution in [3.63, 3.8) is 0 Å². The van der Waals surface area contributed by atoms with Gasteiger partial charge in [0.15, 0.2) is 0 Å². The molecule has 0 spiro atoms. The lowest BCUT2D eigenvalue weighted by Gasteiger charge is -2.15. The van der Waals surface area contributed by atoms with Crippen molar-refractivity contribution < 1.29 is 37.9 Å². The summed E-state index contributed by atoms with van der Waals surface area (Å²) in [6.07, 6.45) is 10.7. The summed E-state index contributed by atoms with van der Waals surface area (Å²) in [7, 11) is -4.36. The van der Waals surface area contributed by atoms with Crippen LogP contribution in [0.25, 0.3) is 0 Å². The van der Waals surface area contributed by atoms with Crippen molar-refractivity contribution in [3.05, 3.63) is 0 Å². The van der Waals surface area contributed by atoms with Gasteiger partial charge in [0.05, 0.1) is 13.2 Å². The van der Waals surface area contributed by atoms with Gasteiger partial charge in [0.1, 0.15) is 12.7 Å². The van der Waals surface area contributed by atoms with E-state index in [0.29, 0.717) is 12.8 Å². The number of phosphoric ester groups is 1. The zero-order chi connectivity index (χ0) is 23.4. The molecule has 0 heterocycles. The molecule has 0 aliphatic carbocycles. The molecule has 0 aromatic carbocycles. The SMILES string of the molecule is CCCCCCCCCCCC(=O)NCCOP(=O)(O)OCC(O)COC(=O)CCC. The molecule has 0 aliphatic rings. The second-order valence-corrected chi connectivity index (χ2v) is 9.07. The molecule has 31 heavy (non-hydrogen) atoms. The van der Waals surface area contributed by atoms with Gasteiger partial charge in [-0.15, -0.1) is 0 Å². The van der Waals surface area contributed by atoms with Crippen LogP contribution in [0.1, 0.15) is 90.9 Å². The molecule has 9 nitrogen and oxygen atoms in total. The van der Waals surface area contributed by atoms with Gasteiger partial charge in [-0.1, -0.05) is 65.2 Å². The maximum Gasteiger partial charge on any atom is 0.472 e. The van der Waals surface area contributed by atoms with E-state index in [1.165, 1.54) is 38.5 Å². The molecular formula is C21H42NO8P. The Bertz CT molecular complexity index is 518. The van der Waals surface area contributed by atoms with Crippen molar-refractivity contribution in [2.24, 2.45) is 0 Å². The smallest absolute Gasteiger partial charge is 0.463 e. The summed E-state index contributed by atoms with van der Waals surface area (Å²) in [6, 6.07) is 0. The molecule has 0 saturated heterocycles. The normalized spacial score (nSPS) is 14.1. The Morgan fingerprint density at radius 1 is 0.871 bits per heavy atom. The standard InChI is InChI=1S/C21H42NO8P/c1-3-5-6-7-8-9-10-11-12-14-20(24)22-15-16-29-31(26,27)30-18-19(23)17-28-21(25)13-4-2/h19,23H,3-18H2,1-2H3,(H,22,24)(H,26,27). The van der Waals surface area contributed by atoms with E-state index in [4.69, 9.17) is 9.26 Å². The number of ether oxygens (including phenoxy) is 1. The van der Waals surface area contributed by atoms with Gasteiger partial charge in [0.2, 0.25) is 5.91 Å². The Morgan fingerprint density at radius 2 is 1.48 bits per heavy atom. The molecule has 3 N–H and O–H groups in total. The minimum Gasteiger partial charge on any atom is -0.463 e. The number of carbonyl (C=O) groups is 2. The summed E-state index contributed by atoms with van der Waals surface area (Å²) >= 11 is 0. The van der Waals surface area contributed by atoms with Crippen molar-refractivity contribution >= 4 is 19.7 Å². The molecule has 0 rings (SSSR count). The van der Waals surface area contributed by atoms with Crippen LogP contribution in [0.5, 0.6) is 0 Å². The molecule has 0 fully saturated rings. The summed E-state index contributed by atoms with van der Waals surface area (Å²) in [5, 5.41) is 12.2. The Kier molecular flexibility index (Phi) is 19.0. The first kappa shape index (κ1) is 30.0. The third-order valence-corrected chi connectivity index (χ3v) is 5.49. The Morgan fingerprint density at radius 3 is 2.10 bits per heavy atom. The highest BCUT2D eigenvalue weighted by Crippen LogP contribution is 2.42. The van der Waals surface area contributed by atoms with E-state index in [1.807, 2.05) is 6.92 Å². The highest BCUT2D eigenvalue weighted by Gasteiger charge is 2.23. The third-order valence-electron chi connectivity index (χ3n) is 4.51. The molecule has 0 aromatic heterocycles. The van der Waals surface area contributed by atoms with E-state index >= 15 is 0 Å². The number of esters is 1. The Hall–Kier alpha value is -0.990. The Balaban J connectivity index is 3.66. The molecule has 0 aliphatic heterocycles. The van der Waals surface area contributed by atoms with Crippen LogP contribution in [-0.4, -0.2) is 54.3 Å². The number of aliphatic hydroxyl groups is 1. The van der Waals surface area contributed by atoms with Crippen molar-refractivity contribution in [2.45, 2.75) is 97.0 Å². The van der Waals surface area contributed by atoms with Crippen molar-refractivity contribution in [1.29, 1.82) is 0 Å². The lowest BCUT2D eigenvalue weighted by molar-refractivity contribution is -0.147. The number of carbonyl (C=O) groups excluding carboxylic acids is 2. The van der Waals surface area contributed by atoms with Crippen molar-refractivity contribution in [1.82, 2.24) is 5.32 Å². The summed E-state index contributed by atoms with van der Waals surface area (Å²) in [5.74, 6) is -0.576.